The van der Waals surface area contributed by atoms with Crippen molar-refractivity contribution in [3.8, 4) is 0 Å². The molecule has 4 heteroatoms. The summed E-state index contributed by atoms with van der Waals surface area (Å²) in [5.74, 6) is 0.640. The van der Waals surface area contributed by atoms with E-state index in [0.29, 0.717) is 5.92 Å². The molecule has 0 amide bonds. The second kappa shape index (κ2) is 6.16. The van der Waals surface area contributed by atoms with Gasteiger partial charge in [0.05, 0.1) is 0 Å². The van der Waals surface area contributed by atoms with Crippen molar-refractivity contribution in [3.63, 3.8) is 0 Å². The number of quaternary nitrogens is 1. The SMILES string of the molecule is CC(C)CN1C[NH+](Cc2ccccc2)CNC1=S. The standard InChI is InChI=1S/C14H21N3S/c1-12(2)8-17-11-16(10-15-14(17)18)9-13-6-4-3-5-7-13/h3-7,12H,8-11H2,1-2H3,(H,15,18)/p+1. The van der Waals surface area contributed by atoms with Gasteiger partial charge in [-0.2, -0.15) is 0 Å². The van der Waals surface area contributed by atoms with Crippen LogP contribution in [0.5, 0.6) is 0 Å². The first-order valence-electron chi connectivity index (χ1n) is 6.55. The number of thiocarbonyl (C=S) groups is 1. The summed E-state index contributed by atoms with van der Waals surface area (Å²) in [6, 6.07) is 10.6. The monoisotopic (exact) mass is 264 g/mol. The van der Waals surface area contributed by atoms with Crippen LogP contribution in [0.25, 0.3) is 0 Å². The average Bonchev–Trinajstić information content (AvgIpc) is 2.34. The Morgan fingerprint density at radius 2 is 2.06 bits per heavy atom. The first-order valence-corrected chi connectivity index (χ1v) is 6.96. The zero-order valence-electron chi connectivity index (χ0n) is 11.1. The molecule has 1 aliphatic heterocycles. The summed E-state index contributed by atoms with van der Waals surface area (Å²) < 4.78 is 0. The maximum atomic E-state index is 5.36. The van der Waals surface area contributed by atoms with Crippen LogP contribution < -0.4 is 10.2 Å². The lowest BCUT2D eigenvalue weighted by molar-refractivity contribution is -0.927. The lowest BCUT2D eigenvalue weighted by Gasteiger charge is -2.36. The Kier molecular flexibility index (Phi) is 4.55. The third-order valence-electron chi connectivity index (χ3n) is 3.07. The van der Waals surface area contributed by atoms with Gasteiger partial charge in [-0.1, -0.05) is 44.2 Å². The first-order chi connectivity index (χ1) is 8.65. The third-order valence-corrected chi connectivity index (χ3v) is 3.48. The quantitative estimate of drug-likeness (QED) is 0.786. The summed E-state index contributed by atoms with van der Waals surface area (Å²) in [5, 5.41) is 4.23. The molecule has 1 saturated heterocycles. The normalized spacial score (nSPS) is 20.1. The van der Waals surface area contributed by atoms with Gasteiger partial charge in [0, 0.05) is 12.1 Å². The van der Waals surface area contributed by atoms with Crippen LogP contribution in [0.1, 0.15) is 19.4 Å². The first kappa shape index (κ1) is 13.3. The van der Waals surface area contributed by atoms with Gasteiger partial charge in [0.25, 0.3) is 0 Å². The molecule has 0 aromatic heterocycles. The second-order valence-corrected chi connectivity index (χ2v) is 5.73. The highest BCUT2D eigenvalue weighted by Gasteiger charge is 2.23. The van der Waals surface area contributed by atoms with Crippen LogP contribution in [-0.4, -0.2) is 29.9 Å². The second-order valence-electron chi connectivity index (χ2n) is 5.35. The van der Waals surface area contributed by atoms with Gasteiger partial charge in [0.1, 0.15) is 6.54 Å². The summed E-state index contributed by atoms with van der Waals surface area (Å²) in [6.07, 6.45) is 0. The number of nitrogens with zero attached hydrogens (tertiary/aromatic N) is 1. The van der Waals surface area contributed by atoms with Crippen molar-refractivity contribution < 1.29 is 4.90 Å². The van der Waals surface area contributed by atoms with Gasteiger partial charge in [-0.15, -0.1) is 0 Å². The molecule has 0 spiro atoms. The molecule has 1 aromatic carbocycles. The van der Waals surface area contributed by atoms with Crippen molar-refractivity contribution in [1.29, 1.82) is 0 Å². The molecular formula is C14H22N3S+. The highest BCUT2D eigenvalue weighted by Crippen LogP contribution is 2.00. The Morgan fingerprint density at radius 1 is 1.33 bits per heavy atom. The highest BCUT2D eigenvalue weighted by atomic mass is 32.1. The van der Waals surface area contributed by atoms with Gasteiger partial charge in [-0.05, 0) is 18.1 Å². The van der Waals surface area contributed by atoms with Crippen molar-refractivity contribution in [2.24, 2.45) is 5.92 Å². The van der Waals surface area contributed by atoms with E-state index < -0.39 is 0 Å². The maximum Gasteiger partial charge on any atom is 0.177 e. The predicted molar refractivity (Wildman–Crippen MR) is 78.1 cm³/mol. The summed E-state index contributed by atoms with van der Waals surface area (Å²) in [6.45, 7) is 8.46. The van der Waals surface area contributed by atoms with E-state index in [2.05, 4.69) is 54.4 Å². The van der Waals surface area contributed by atoms with Crippen LogP contribution in [0, 0.1) is 5.92 Å². The summed E-state index contributed by atoms with van der Waals surface area (Å²) in [4.78, 5) is 3.79. The minimum Gasteiger partial charge on any atom is -0.316 e. The van der Waals surface area contributed by atoms with Gasteiger partial charge in [-0.3, -0.25) is 4.90 Å². The fourth-order valence-electron chi connectivity index (χ4n) is 2.30. The van der Waals surface area contributed by atoms with Crippen molar-refractivity contribution in [3.05, 3.63) is 35.9 Å². The van der Waals surface area contributed by atoms with Crippen molar-refractivity contribution in [2.45, 2.75) is 20.4 Å². The zero-order valence-corrected chi connectivity index (χ0v) is 12.0. The number of benzene rings is 1. The van der Waals surface area contributed by atoms with Gasteiger partial charge in [0.15, 0.2) is 18.4 Å². The fraction of sp³-hybridized carbons (Fsp3) is 0.500. The number of hydrogen-bond donors (Lipinski definition) is 2. The van der Waals surface area contributed by atoms with Crippen molar-refractivity contribution in [1.82, 2.24) is 10.2 Å². The van der Waals surface area contributed by atoms with Crippen molar-refractivity contribution >= 4 is 17.3 Å². The Labute approximate surface area is 115 Å². The molecule has 0 saturated carbocycles. The Morgan fingerprint density at radius 3 is 2.72 bits per heavy atom. The average molecular weight is 264 g/mol. The van der Waals surface area contributed by atoms with E-state index >= 15 is 0 Å². The predicted octanol–water partition coefficient (Wildman–Crippen LogP) is 0.833. The molecular weight excluding hydrogens is 242 g/mol. The molecule has 2 rings (SSSR count). The highest BCUT2D eigenvalue weighted by molar-refractivity contribution is 7.80. The molecule has 0 aliphatic carbocycles. The number of hydrogen-bond acceptors (Lipinski definition) is 1. The largest absolute Gasteiger partial charge is 0.316 e. The van der Waals surface area contributed by atoms with E-state index in [9.17, 15) is 0 Å². The van der Waals surface area contributed by atoms with Crippen LogP contribution in [-0.2, 0) is 6.54 Å². The van der Waals surface area contributed by atoms with Gasteiger partial charge >= 0.3 is 0 Å². The zero-order chi connectivity index (χ0) is 13.0. The van der Waals surface area contributed by atoms with Crippen LogP contribution in [0.2, 0.25) is 0 Å². The third kappa shape index (κ3) is 3.68. The van der Waals surface area contributed by atoms with Crippen molar-refractivity contribution in [2.75, 3.05) is 19.9 Å². The Hall–Kier alpha value is -1.13. The fourth-order valence-corrected chi connectivity index (χ4v) is 2.51. The number of rotatable bonds is 4. The Bertz CT molecular complexity index is 391. The molecule has 1 atom stereocenters. The molecule has 1 heterocycles. The smallest absolute Gasteiger partial charge is 0.177 e. The minimum atomic E-state index is 0.640. The molecule has 98 valence electrons. The van der Waals surface area contributed by atoms with Gasteiger partial charge in [0.2, 0.25) is 0 Å². The summed E-state index contributed by atoms with van der Waals surface area (Å²) in [7, 11) is 0. The maximum absolute atomic E-state index is 5.36. The lowest BCUT2D eigenvalue weighted by Crippen LogP contribution is -3.16. The number of nitrogens with one attached hydrogen (secondary N) is 2. The van der Waals surface area contributed by atoms with E-state index in [-0.39, 0.29) is 0 Å². The van der Waals surface area contributed by atoms with E-state index in [1.165, 1.54) is 10.5 Å². The molecule has 1 aliphatic rings. The molecule has 0 bridgehead atoms. The van der Waals surface area contributed by atoms with E-state index in [0.717, 1.165) is 31.5 Å². The molecule has 1 aromatic rings. The molecule has 1 unspecified atom stereocenters. The van der Waals surface area contributed by atoms with Crippen LogP contribution in [0.4, 0.5) is 0 Å². The molecule has 0 radical (unpaired) electrons. The summed E-state index contributed by atoms with van der Waals surface area (Å²) in [5.41, 5.74) is 1.38. The van der Waals surface area contributed by atoms with E-state index in [4.69, 9.17) is 12.2 Å². The Balaban J connectivity index is 1.93. The molecule has 2 N–H and O–H groups in total. The lowest BCUT2D eigenvalue weighted by atomic mass is 10.2. The van der Waals surface area contributed by atoms with E-state index in [1.807, 2.05) is 0 Å². The van der Waals surface area contributed by atoms with Crippen LogP contribution >= 0.6 is 12.2 Å². The summed E-state index contributed by atoms with van der Waals surface area (Å²) >= 11 is 5.36. The van der Waals surface area contributed by atoms with Gasteiger partial charge in [-0.25, -0.2) is 0 Å². The van der Waals surface area contributed by atoms with Crippen LogP contribution in [0.3, 0.4) is 0 Å². The topological polar surface area (TPSA) is 19.7 Å². The molecule has 1 fully saturated rings. The minimum absolute atomic E-state index is 0.640. The molecule has 3 nitrogen and oxygen atoms in total. The van der Waals surface area contributed by atoms with Gasteiger partial charge < -0.3 is 10.2 Å². The van der Waals surface area contributed by atoms with E-state index in [1.54, 1.807) is 0 Å². The van der Waals surface area contributed by atoms with Crippen LogP contribution in [0.15, 0.2) is 30.3 Å². The molecule has 18 heavy (non-hydrogen) atoms.